The van der Waals surface area contributed by atoms with Crippen LogP contribution in [0.1, 0.15) is 24.0 Å². The van der Waals surface area contributed by atoms with Crippen molar-refractivity contribution in [2.75, 3.05) is 42.5 Å². The minimum atomic E-state index is -3.55. The van der Waals surface area contributed by atoms with E-state index < -0.39 is 10.0 Å². The number of likely N-dealkylation sites (tertiary alicyclic amines) is 1. The smallest absolute Gasteiger partial charge is 0.247 e. The molecule has 0 unspecified atom stereocenters. The quantitative estimate of drug-likeness (QED) is 0.279. The Labute approximate surface area is 235 Å². The van der Waals surface area contributed by atoms with Crippen molar-refractivity contribution in [3.63, 3.8) is 0 Å². The van der Waals surface area contributed by atoms with E-state index in [-0.39, 0.29) is 18.4 Å². The van der Waals surface area contributed by atoms with Gasteiger partial charge in [0.15, 0.2) is 0 Å². The van der Waals surface area contributed by atoms with Crippen LogP contribution in [-0.2, 0) is 10.0 Å². The molecule has 1 saturated heterocycles. The number of nitrogens with zero attached hydrogens (tertiary/aromatic N) is 4. The highest BCUT2D eigenvalue weighted by Crippen LogP contribution is 2.33. The van der Waals surface area contributed by atoms with Gasteiger partial charge in [0, 0.05) is 12.2 Å². The summed E-state index contributed by atoms with van der Waals surface area (Å²) in [6, 6.07) is 17.3. The highest BCUT2D eigenvalue weighted by atomic mass is 35.5. The standard InChI is InChI=1S/C28H32N6O3S.ClH/c1-19-7-6-8-20(2)26(19)21-17-24-27(25(18-21)33-38(3,35)36)30-28(32-31-24)29-22-9-11-23(12-10-22)37-16-15-34-13-4-5-14-34;/h6-12,17-18,33H,4-5,13-16H2,1-3H3,(H,29,30,32);1H. The minimum Gasteiger partial charge on any atom is -0.492 e. The number of halogens is 1. The average molecular weight is 569 g/mol. The highest BCUT2D eigenvalue weighted by molar-refractivity contribution is 7.92. The molecule has 0 spiro atoms. The minimum absolute atomic E-state index is 0. The van der Waals surface area contributed by atoms with Crippen molar-refractivity contribution < 1.29 is 13.2 Å². The molecule has 2 heterocycles. The van der Waals surface area contributed by atoms with Crippen LogP contribution >= 0.6 is 12.4 Å². The fourth-order valence-corrected chi connectivity index (χ4v) is 5.40. The summed E-state index contributed by atoms with van der Waals surface area (Å²) in [5, 5.41) is 11.8. The first-order valence-corrected chi connectivity index (χ1v) is 14.6. The first kappa shape index (κ1) is 28.5. The maximum absolute atomic E-state index is 12.2. The van der Waals surface area contributed by atoms with Gasteiger partial charge in [-0.1, -0.05) is 18.2 Å². The van der Waals surface area contributed by atoms with Crippen LogP contribution in [0.15, 0.2) is 54.6 Å². The fourth-order valence-electron chi connectivity index (χ4n) is 4.85. The van der Waals surface area contributed by atoms with Crippen molar-refractivity contribution in [2.24, 2.45) is 0 Å². The maximum atomic E-state index is 12.2. The van der Waals surface area contributed by atoms with Crippen LogP contribution in [0.2, 0.25) is 0 Å². The topological polar surface area (TPSA) is 109 Å². The van der Waals surface area contributed by atoms with Crippen LogP contribution < -0.4 is 14.8 Å². The van der Waals surface area contributed by atoms with Crippen molar-refractivity contribution in [1.82, 2.24) is 20.1 Å². The molecule has 0 atom stereocenters. The predicted molar refractivity (Wildman–Crippen MR) is 159 cm³/mol. The second-order valence-corrected chi connectivity index (χ2v) is 11.5. The molecule has 0 saturated carbocycles. The third-order valence-electron chi connectivity index (χ3n) is 6.61. The van der Waals surface area contributed by atoms with E-state index in [1.165, 1.54) is 12.8 Å². The molecule has 2 N–H and O–H groups in total. The Bertz CT molecular complexity index is 1540. The number of benzene rings is 3. The lowest BCUT2D eigenvalue weighted by Crippen LogP contribution is -2.25. The molecular formula is C28H33ClN6O3S. The SMILES string of the molecule is Cc1cccc(C)c1-c1cc(NS(C)(=O)=O)c2nc(Nc3ccc(OCCN4CCCC4)cc3)nnc2c1.Cl. The lowest BCUT2D eigenvalue weighted by Gasteiger charge is -2.15. The largest absolute Gasteiger partial charge is 0.492 e. The molecule has 1 aliphatic heterocycles. The van der Waals surface area contributed by atoms with Gasteiger partial charge in [-0.2, -0.15) is 0 Å². The number of aryl methyl sites for hydroxylation is 2. The molecule has 0 aliphatic carbocycles. The summed E-state index contributed by atoms with van der Waals surface area (Å²) in [7, 11) is -3.55. The number of nitrogens with one attached hydrogen (secondary N) is 2. The normalized spacial score (nSPS) is 13.7. The molecule has 0 radical (unpaired) electrons. The van der Waals surface area contributed by atoms with Gasteiger partial charge in [0.05, 0.1) is 11.9 Å². The van der Waals surface area contributed by atoms with E-state index >= 15 is 0 Å². The highest BCUT2D eigenvalue weighted by Gasteiger charge is 2.16. The Morgan fingerprint density at radius 3 is 2.33 bits per heavy atom. The molecule has 39 heavy (non-hydrogen) atoms. The Balaban J connectivity index is 0.00000353. The summed E-state index contributed by atoms with van der Waals surface area (Å²) in [5.74, 6) is 1.06. The molecule has 0 amide bonds. The summed E-state index contributed by atoms with van der Waals surface area (Å²) < 4.78 is 32.8. The lowest BCUT2D eigenvalue weighted by atomic mass is 9.95. The lowest BCUT2D eigenvalue weighted by molar-refractivity contribution is 0.238. The van der Waals surface area contributed by atoms with E-state index in [1.807, 2.05) is 62.4 Å². The van der Waals surface area contributed by atoms with Gasteiger partial charge in [-0.3, -0.25) is 9.62 Å². The maximum Gasteiger partial charge on any atom is 0.247 e. The Morgan fingerprint density at radius 2 is 1.67 bits per heavy atom. The molecular weight excluding hydrogens is 536 g/mol. The van der Waals surface area contributed by atoms with Crippen molar-refractivity contribution in [1.29, 1.82) is 0 Å². The number of sulfonamides is 1. The van der Waals surface area contributed by atoms with Crippen LogP contribution in [-0.4, -0.2) is 61.0 Å². The van der Waals surface area contributed by atoms with Crippen LogP contribution in [0, 0.1) is 13.8 Å². The van der Waals surface area contributed by atoms with Gasteiger partial charge in [0.1, 0.15) is 23.4 Å². The molecule has 9 nitrogen and oxygen atoms in total. The number of fused-ring (bicyclic) bond motifs is 1. The van der Waals surface area contributed by atoms with E-state index in [0.717, 1.165) is 59.6 Å². The molecule has 4 aromatic rings. The van der Waals surface area contributed by atoms with Gasteiger partial charge in [-0.25, -0.2) is 13.4 Å². The Morgan fingerprint density at radius 1 is 0.974 bits per heavy atom. The van der Waals surface area contributed by atoms with Crippen LogP contribution in [0.3, 0.4) is 0 Å². The molecule has 11 heteroatoms. The van der Waals surface area contributed by atoms with Gasteiger partial charge in [0.25, 0.3) is 0 Å². The summed E-state index contributed by atoms with van der Waals surface area (Å²) in [5.41, 5.74) is 6.04. The molecule has 206 valence electrons. The molecule has 1 aromatic heterocycles. The van der Waals surface area contributed by atoms with E-state index in [1.54, 1.807) is 6.07 Å². The molecule has 1 aliphatic rings. The Hall–Kier alpha value is -3.47. The monoisotopic (exact) mass is 568 g/mol. The third kappa shape index (κ3) is 7.14. The van der Waals surface area contributed by atoms with Crippen molar-refractivity contribution in [3.8, 4) is 16.9 Å². The van der Waals surface area contributed by atoms with Crippen molar-refractivity contribution in [2.45, 2.75) is 26.7 Å². The zero-order valence-corrected chi connectivity index (χ0v) is 23.9. The van der Waals surface area contributed by atoms with Crippen LogP contribution in [0.4, 0.5) is 17.3 Å². The molecule has 3 aromatic carbocycles. The summed E-state index contributed by atoms with van der Waals surface area (Å²) >= 11 is 0. The predicted octanol–water partition coefficient (Wildman–Crippen LogP) is 5.32. The Kier molecular flexibility index (Phi) is 8.89. The number of ether oxygens (including phenoxy) is 1. The van der Waals surface area contributed by atoms with Gasteiger partial charge < -0.3 is 10.1 Å². The fraction of sp³-hybridized carbons (Fsp3) is 0.321. The van der Waals surface area contributed by atoms with E-state index in [9.17, 15) is 8.42 Å². The van der Waals surface area contributed by atoms with E-state index in [0.29, 0.717) is 23.3 Å². The molecule has 1 fully saturated rings. The zero-order valence-electron chi connectivity index (χ0n) is 22.3. The zero-order chi connectivity index (χ0) is 26.7. The number of hydrogen-bond acceptors (Lipinski definition) is 8. The first-order valence-electron chi connectivity index (χ1n) is 12.7. The second kappa shape index (κ2) is 12.1. The molecule has 0 bridgehead atoms. The first-order chi connectivity index (χ1) is 18.2. The van der Waals surface area contributed by atoms with Gasteiger partial charge in [-0.05, 0) is 98.4 Å². The van der Waals surface area contributed by atoms with Gasteiger partial charge in [-0.15, -0.1) is 22.6 Å². The summed E-state index contributed by atoms with van der Waals surface area (Å²) in [6.45, 7) is 7.95. The van der Waals surface area contributed by atoms with Crippen LogP contribution in [0.25, 0.3) is 22.2 Å². The van der Waals surface area contributed by atoms with E-state index in [4.69, 9.17) is 4.74 Å². The number of anilines is 3. The number of hydrogen-bond donors (Lipinski definition) is 2. The summed E-state index contributed by atoms with van der Waals surface area (Å²) in [4.78, 5) is 7.02. The second-order valence-electron chi connectivity index (χ2n) is 9.71. The van der Waals surface area contributed by atoms with Gasteiger partial charge >= 0.3 is 0 Å². The molecule has 5 rings (SSSR count). The van der Waals surface area contributed by atoms with Crippen LogP contribution in [0.5, 0.6) is 5.75 Å². The number of aromatic nitrogens is 3. The average Bonchev–Trinajstić information content (AvgIpc) is 3.38. The summed E-state index contributed by atoms with van der Waals surface area (Å²) in [6.07, 6.45) is 3.66. The van der Waals surface area contributed by atoms with E-state index in [2.05, 4.69) is 30.1 Å². The van der Waals surface area contributed by atoms with Gasteiger partial charge in [0.2, 0.25) is 16.0 Å². The van der Waals surface area contributed by atoms with Crippen molar-refractivity contribution >= 4 is 50.8 Å². The number of rotatable bonds is 9. The van der Waals surface area contributed by atoms with Crippen molar-refractivity contribution in [3.05, 3.63) is 65.7 Å². The third-order valence-corrected chi connectivity index (χ3v) is 7.20.